The van der Waals surface area contributed by atoms with Crippen LogP contribution in [0.2, 0.25) is 0 Å². The van der Waals surface area contributed by atoms with Crippen molar-refractivity contribution in [1.29, 1.82) is 0 Å². The summed E-state index contributed by atoms with van der Waals surface area (Å²) in [5.41, 5.74) is 21.3. The molecule has 0 heterocycles. The predicted octanol–water partition coefficient (Wildman–Crippen LogP) is 14.8. The lowest BCUT2D eigenvalue weighted by Gasteiger charge is -2.31. The highest BCUT2D eigenvalue weighted by Gasteiger charge is 2.37. The molecule has 0 saturated carbocycles. The Morgan fingerprint density at radius 1 is 0.309 bits per heavy atom. The van der Waals surface area contributed by atoms with Gasteiger partial charge in [-0.15, -0.1) is 0 Å². The fraction of sp³-hybridized carbons (Fsp3) is 0.111. The van der Waals surface area contributed by atoms with E-state index in [0.29, 0.717) is 0 Å². The van der Waals surface area contributed by atoms with Gasteiger partial charge < -0.3 is 4.90 Å². The Kier molecular flexibility index (Phi) is 7.58. The number of fused-ring (bicyclic) bond motifs is 6. The van der Waals surface area contributed by atoms with E-state index < -0.39 is 0 Å². The maximum absolute atomic E-state index is 2.47. The van der Waals surface area contributed by atoms with E-state index in [4.69, 9.17) is 0 Å². The van der Waals surface area contributed by atoms with Crippen molar-refractivity contribution in [2.75, 3.05) is 4.90 Å². The monoisotopic (exact) mass is 705 g/mol. The van der Waals surface area contributed by atoms with Crippen LogP contribution in [0.3, 0.4) is 0 Å². The van der Waals surface area contributed by atoms with Gasteiger partial charge in [0, 0.05) is 27.8 Å². The van der Waals surface area contributed by atoms with E-state index >= 15 is 0 Å². The summed E-state index contributed by atoms with van der Waals surface area (Å²) in [7, 11) is 0. The van der Waals surface area contributed by atoms with Gasteiger partial charge in [0.25, 0.3) is 0 Å². The third kappa shape index (κ3) is 5.22. The summed E-state index contributed by atoms with van der Waals surface area (Å²) in [5, 5.41) is 0. The van der Waals surface area contributed by atoms with Gasteiger partial charge in [0.15, 0.2) is 0 Å². The highest BCUT2D eigenvalue weighted by Crippen LogP contribution is 2.54. The summed E-state index contributed by atoms with van der Waals surface area (Å²) in [6.07, 6.45) is 0. The van der Waals surface area contributed by atoms with Crippen LogP contribution in [-0.4, -0.2) is 0 Å². The van der Waals surface area contributed by atoms with E-state index in [1.165, 1.54) is 77.9 Å². The zero-order valence-corrected chi connectivity index (χ0v) is 31.8. The molecule has 0 radical (unpaired) electrons. The number of nitrogens with zero attached hydrogens (tertiary/aromatic N) is 1. The molecule has 0 saturated heterocycles. The topological polar surface area (TPSA) is 3.24 Å². The van der Waals surface area contributed by atoms with Crippen LogP contribution in [-0.2, 0) is 10.8 Å². The number of hydrogen-bond donors (Lipinski definition) is 0. The first-order chi connectivity index (χ1) is 26.8. The van der Waals surface area contributed by atoms with Gasteiger partial charge in [-0.1, -0.05) is 179 Å². The van der Waals surface area contributed by atoms with Gasteiger partial charge in [-0.05, 0) is 109 Å². The first-order valence-corrected chi connectivity index (χ1v) is 19.4. The zero-order valence-electron chi connectivity index (χ0n) is 31.8. The summed E-state index contributed by atoms with van der Waals surface area (Å²) in [4.78, 5) is 2.47. The molecule has 1 heteroatoms. The number of rotatable bonds is 6. The Balaban J connectivity index is 1.22. The number of para-hydroxylation sites is 1. The third-order valence-electron chi connectivity index (χ3n) is 12.3. The summed E-state index contributed by atoms with van der Waals surface area (Å²) in [6.45, 7) is 9.44. The summed E-state index contributed by atoms with van der Waals surface area (Å²) >= 11 is 0. The van der Waals surface area contributed by atoms with Crippen LogP contribution in [0.15, 0.2) is 188 Å². The molecule has 0 bridgehead atoms. The highest BCUT2D eigenvalue weighted by molar-refractivity contribution is 5.99. The lowest BCUT2D eigenvalue weighted by atomic mass is 9.81. The van der Waals surface area contributed by atoms with E-state index in [9.17, 15) is 0 Å². The van der Waals surface area contributed by atoms with Gasteiger partial charge in [0.1, 0.15) is 0 Å². The van der Waals surface area contributed by atoms with Crippen molar-refractivity contribution < 1.29 is 0 Å². The van der Waals surface area contributed by atoms with Crippen molar-refractivity contribution in [1.82, 2.24) is 0 Å². The molecule has 8 aromatic rings. The smallest absolute Gasteiger partial charge is 0.0546 e. The molecule has 0 N–H and O–H groups in total. The van der Waals surface area contributed by atoms with E-state index in [1.54, 1.807) is 0 Å². The summed E-state index contributed by atoms with van der Waals surface area (Å²) in [6, 6.07) is 69.6. The molecule has 0 aromatic heterocycles. The molecule has 0 atom stereocenters. The molecular weight excluding hydrogens is 663 g/mol. The Morgan fingerprint density at radius 3 is 1.53 bits per heavy atom. The number of benzene rings is 8. The Bertz CT molecular complexity index is 2740. The minimum atomic E-state index is -0.115. The predicted molar refractivity (Wildman–Crippen MR) is 233 cm³/mol. The maximum Gasteiger partial charge on any atom is 0.0546 e. The Hall–Kier alpha value is -6.44. The second-order valence-electron chi connectivity index (χ2n) is 16.1. The lowest BCUT2D eigenvalue weighted by Crippen LogP contribution is -2.17. The fourth-order valence-electron chi connectivity index (χ4n) is 9.45. The molecule has 0 aliphatic heterocycles. The number of hydrogen-bond acceptors (Lipinski definition) is 1. The van der Waals surface area contributed by atoms with Crippen molar-refractivity contribution in [2.24, 2.45) is 0 Å². The molecule has 0 fully saturated rings. The SMILES string of the molecule is CC1(C)c2ccccc2-c2cc(-c3c(-c4ccc(-c5ccccc5)cc4)cccc3N(c3ccccc3)c3ccc4c(c3)C(C)(C)c3ccccc3-4)ccc21. The van der Waals surface area contributed by atoms with Crippen LogP contribution < -0.4 is 4.90 Å². The highest BCUT2D eigenvalue weighted by atomic mass is 15.1. The average molecular weight is 706 g/mol. The average Bonchev–Trinajstić information content (AvgIpc) is 3.60. The van der Waals surface area contributed by atoms with Crippen LogP contribution in [0.25, 0.3) is 55.6 Å². The molecule has 1 nitrogen and oxygen atoms in total. The van der Waals surface area contributed by atoms with E-state index in [1.807, 2.05) is 0 Å². The minimum absolute atomic E-state index is 0.0645. The molecule has 2 aliphatic rings. The van der Waals surface area contributed by atoms with Crippen LogP contribution in [0.5, 0.6) is 0 Å². The third-order valence-corrected chi connectivity index (χ3v) is 12.3. The maximum atomic E-state index is 2.47. The van der Waals surface area contributed by atoms with Crippen LogP contribution in [0.1, 0.15) is 49.9 Å². The van der Waals surface area contributed by atoms with Crippen molar-refractivity contribution in [2.45, 2.75) is 38.5 Å². The second kappa shape index (κ2) is 12.6. The van der Waals surface area contributed by atoms with E-state index in [0.717, 1.165) is 17.1 Å². The molecule has 0 spiro atoms. The summed E-state index contributed by atoms with van der Waals surface area (Å²) < 4.78 is 0. The van der Waals surface area contributed by atoms with E-state index in [-0.39, 0.29) is 10.8 Å². The minimum Gasteiger partial charge on any atom is -0.310 e. The Labute approximate surface area is 325 Å². The van der Waals surface area contributed by atoms with Gasteiger partial charge in [0.05, 0.1) is 5.69 Å². The van der Waals surface area contributed by atoms with Gasteiger partial charge in [-0.25, -0.2) is 0 Å². The van der Waals surface area contributed by atoms with Crippen molar-refractivity contribution in [3.63, 3.8) is 0 Å². The molecule has 8 aromatic carbocycles. The van der Waals surface area contributed by atoms with Gasteiger partial charge in [-0.2, -0.15) is 0 Å². The second-order valence-corrected chi connectivity index (χ2v) is 16.1. The lowest BCUT2D eigenvalue weighted by molar-refractivity contribution is 0.660. The first kappa shape index (κ1) is 33.2. The molecular formula is C54H43N. The van der Waals surface area contributed by atoms with Crippen molar-refractivity contribution in [3.05, 3.63) is 210 Å². The van der Waals surface area contributed by atoms with Crippen LogP contribution in [0, 0.1) is 0 Å². The molecule has 264 valence electrons. The fourth-order valence-corrected chi connectivity index (χ4v) is 9.45. The molecule has 0 unspecified atom stereocenters. The van der Waals surface area contributed by atoms with Crippen molar-refractivity contribution in [3.8, 4) is 55.6 Å². The quantitative estimate of drug-likeness (QED) is 0.166. The first-order valence-electron chi connectivity index (χ1n) is 19.4. The largest absolute Gasteiger partial charge is 0.310 e. The zero-order chi connectivity index (χ0) is 37.3. The number of anilines is 3. The normalized spacial score (nSPS) is 14.1. The van der Waals surface area contributed by atoms with Gasteiger partial charge in [0.2, 0.25) is 0 Å². The molecule has 10 rings (SSSR count). The Morgan fingerprint density at radius 2 is 0.818 bits per heavy atom. The van der Waals surface area contributed by atoms with E-state index in [2.05, 4.69) is 221 Å². The molecule has 2 aliphatic carbocycles. The van der Waals surface area contributed by atoms with Crippen LogP contribution in [0.4, 0.5) is 17.1 Å². The standard InChI is InChI=1S/C54H43N/c1-53(2)48-24-14-12-21-44(48)46-34-39(30-33-49(46)53)52-42(38-28-26-37(27-29-38)36-16-7-5-8-17-36)22-15-25-51(52)55(40-18-9-6-10-19-40)41-31-32-45-43-20-11-13-23-47(43)54(3,4)50(45)35-41/h5-35H,1-4H3. The van der Waals surface area contributed by atoms with Crippen molar-refractivity contribution >= 4 is 17.1 Å². The van der Waals surface area contributed by atoms with Gasteiger partial charge >= 0.3 is 0 Å². The molecule has 55 heavy (non-hydrogen) atoms. The van der Waals surface area contributed by atoms with Crippen LogP contribution >= 0.6 is 0 Å². The summed E-state index contributed by atoms with van der Waals surface area (Å²) in [5.74, 6) is 0. The van der Waals surface area contributed by atoms with Gasteiger partial charge in [-0.3, -0.25) is 0 Å². The molecule has 0 amide bonds.